The molecule has 1 rings (SSSR count). The number of carboxylic acids is 1. The van der Waals surface area contributed by atoms with Crippen molar-refractivity contribution in [3.8, 4) is 0 Å². The lowest BCUT2D eigenvalue weighted by molar-refractivity contribution is -0.140. The van der Waals surface area contributed by atoms with E-state index in [1.807, 2.05) is 6.92 Å². The molecule has 1 amide bonds. The summed E-state index contributed by atoms with van der Waals surface area (Å²) < 4.78 is 0. The highest BCUT2D eigenvalue weighted by atomic mass is 32.2. The van der Waals surface area contributed by atoms with Crippen molar-refractivity contribution < 1.29 is 14.7 Å². The van der Waals surface area contributed by atoms with Crippen LogP contribution in [-0.2, 0) is 9.59 Å². The van der Waals surface area contributed by atoms with E-state index in [-0.39, 0.29) is 24.4 Å². The number of carboxylic acid groups (broad SMARTS) is 1. The molecule has 1 aliphatic rings. The molecule has 1 heterocycles. The van der Waals surface area contributed by atoms with Crippen LogP contribution in [0.2, 0.25) is 0 Å². The molecule has 5 nitrogen and oxygen atoms in total. The van der Waals surface area contributed by atoms with E-state index in [1.165, 1.54) is 0 Å². The minimum Gasteiger partial charge on any atom is -0.481 e. The summed E-state index contributed by atoms with van der Waals surface area (Å²) in [6, 6.07) is -0.399. The Bertz CT molecular complexity index is 267. The van der Waals surface area contributed by atoms with Crippen LogP contribution < -0.4 is 5.32 Å². The molecule has 92 valence electrons. The van der Waals surface area contributed by atoms with E-state index in [4.69, 9.17) is 5.11 Å². The second-order valence-corrected chi connectivity index (χ2v) is 4.87. The van der Waals surface area contributed by atoms with Gasteiger partial charge in [-0.1, -0.05) is 0 Å². The van der Waals surface area contributed by atoms with Crippen molar-refractivity contribution in [2.75, 3.05) is 18.2 Å². The van der Waals surface area contributed by atoms with Crippen molar-refractivity contribution in [1.29, 1.82) is 0 Å². The molecule has 0 aliphatic carbocycles. The molecule has 1 saturated heterocycles. The Balaban J connectivity index is 2.57. The van der Waals surface area contributed by atoms with Crippen molar-refractivity contribution >= 4 is 23.6 Å². The lowest BCUT2D eigenvalue weighted by atomic mass is 10.1. The molecule has 0 radical (unpaired) electrons. The maximum atomic E-state index is 12.1. The molecular weight excluding hydrogens is 228 g/mol. The van der Waals surface area contributed by atoms with Gasteiger partial charge in [0.1, 0.15) is 0 Å². The number of carbonyl (C=O) groups is 2. The molecule has 2 atom stereocenters. The molecule has 16 heavy (non-hydrogen) atoms. The summed E-state index contributed by atoms with van der Waals surface area (Å²) in [6.07, 6.45) is -0.000553. The molecule has 0 aromatic carbocycles. The van der Waals surface area contributed by atoms with E-state index in [2.05, 4.69) is 5.32 Å². The van der Waals surface area contributed by atoms with Crippen molar-refractivity contribution in [1.82, 2.24) is 10.2 Å². The van der Waals surface area contributed by atoms with Gasteiger partial charge in [-0.05, 0) is 13.8 Å². The van der Waals surface area contributed by atoms with E-state index in [0.29, 0.717) is 6.54 Å². The number of carbonyl (C=O) groups excluding carboxylic acids is 1. The number of rotatable bonds is 5. The summed E-state index contributed by atoms with van der Waals surface area (Å²) in [7, 11) is 0. The number of nitrogens with one attached hydrogen (secondary N) is 1. The van der Waals surface area contributed by atoms with Crippen molar-refractivity contribution in [3.05, 3.63) is 0 Å². The van der Waals surface area contributed by atoms with Gasteiger partial charge < -0.3 is 10.0 Å². The highest BCUT2D eigenvalue weighted by molar-refractivity contribution is 7.99. The number of likely N-dealkylation sites (N-methyl/N-ethyl adjacent to an activating group) is 1. The maximum Gasteiger partial charge on any atom is 0.305 e. The molecule has 0 aromatic heterocycles. The van der Waals surface area contributed by atoms with E-state index < -0.39 is 5.97 Å². The van der Waals surface area contributed by atoms with Crippen LogP contribution in [0.5, 0.6) is 0 Å². The van der Waals surface area contributed by atoms with Gasteiger partial charge in [-0.3, -0.25) is 14.9 Å². The number of aliphatic carboxylic acids is 1. The summed E-state index contributed by atoms with van der Waals surface area (Å²) >= 11 is 1.69. The number of amides is 1. The van der Waals surface area contributed by atoms with Crippen LogP contribution in [0.15, 0.2) is 0 Å². The van der Waals surface area contributed by atoms with Crippen LogP contribution in [0.1, 0.15) is 20.3 Å². The summed E-state index contributed by atoms with van der Waals surface area (Å²) in [5.74, 6) is 0.713. The molecule has 0 spiro atoms. The van der Waals surface area contributed by atoms with Crippen LogP contribution in [-0.4, -0.2) is 52.1 Å². The molecule has 1 aliphatic heterocycles. The zero-order chi connectivity index (χ0) is 12.1. The predicted octanol–water partition coefficient (Wildman–Crippen LogP) is 0.361. The van der Waals surface area contributed by atoms with Crippen LogP contribution in [0, 0.1) is 0 Å². The fourth-order valence-electron chi connectivity index (χ4n) is 1.80. The number of hydrogen-bond donors (Lipinski definition) is 2. The third kappa shape index (κ3) is 3.38. The zero-order valence-electron chi connectivity index (χ0n) is 9.60. The van der Waals surface area contributed by atoms with Gasteiger partial charge >= 0.3 is 5.97 Å². The molecule has 2 N–H and O–H groups in total. The summed E-state index contributed by atoms with van der Waals surface area (Å²) in [5.41, 5.74) is 0. The van der Waals surface area contributed by atoms with Crippen molar-refractivity contribution in [2.24, 2.45) is 0 Å². The SMILES string of the molecule is CCN(C(=O)C1CSCN1)C(C)CC(=O)O. The Morgan fingerprint density at radius 3 is 2.75 bits per heavy atom. The van der Waals surface area contributed by atoms with Crippen molar-refractivity contribution in [3.63, 3.8) is 0 Å². The second kappa shape index (κ2) is 6.10. The monoisotopic (exact) mass is 246 g/mol. The third-order valence-electron chi connectivity index (χ3n) is 2.64. The minimum atomic E-state index is -0.868. The van der Waals surface area contributed by atoms with Gasteiger partial charge in [-0.25, -0.2) is 0 Å². The first-order valence-corrected chi connectivity index (χ1v) is 6.55. The van der Waals surface area contributed by atoms with Crippen molar-refractivity contribution in [2.45, 2.75) is 32.4 Å². The first-order valence-electron chi connectivity index (χ1n) is 5.39. The van der Waals surface area contributed by atoms with Gasteiger partial charge in [0, 0.05) is 24.2 Å². The Labute approximate surface area is 99.6 Å². The first-order chi connectivity index (χ1) is 7.56. The van der Waals surface area contributed by atoms with Crippen LogP contribution in [0.4, 0.5) is 0 Å². The van der Waals surface area contributed by atoms with E-state index in [0.717, 1.165) is 11.6 Å². The number of nitrogens with zero attached hydrogens (tertiary/aromatic N) is 1. The largest absolute Gasteiger partial charge is 0.481 e. The summed E-state index contributed by atoms with van der Waals surface area (Å²) in [6.45, 7) is 4.20. The lowest BCUT2D eigenvalue weighted by Crippen LogP contribution is -2.49. The Hall–Kier alpha value is -0.750. The Kier molecular flexibility index (Phi) is 5.08. The standard InChI is InChI=1S/C10H18N2O3S/c1-3-12(7(2)4-9(13)14)10(15)8-5-16-6-11-8/h7-8,11H,3-6H2,1-2H3,(H,13,14). The highest BCUT2D eigenvalue weighted by Gasteiger charge is 2.29. The average molecular weight is 246 g/mol. The van der Waals surface area contributed by atoms with Gasteiger partial charge in [-0.15, -0.1) is 11.8 Å². The van der Waals surface area contributed by atoms with Gasteiger partial charge in [0.2, 0.25) is 5.91 Å². The first kappa shape index (κ1) is 13.3. The number of hydrogen-bond acceptors (Lipinski definition) is 4. The van der Waals surface area contributed by atoms with E-state index >= 15 is 0 Å². The molecule has 0 saturated carbocycles. The minimum absolute atomic E-state index is 0.000553. The molecule has 0 bridgehead atoms. The molecule has 0 aromatic rings. The molecular formula is C10H18N2O3S. The van der Waals surface area contributed by atoms with E-state index in [1.54, 1.807) is 23.6 Å². The Morgan fingerprint density at radius 2 is 2.31 bits per heavy atom. The third-order valence-corrected chi connectivity index (χ3v) is 3.58. The maximum absolute atomic E-state index is 12.1. The summed E-state index contributed by atoms with van der Waals surface area (Å²) in [5, 5.41) is 11.8. The van der Waals surface area contributed by atoms with Crippen LogP contribution in [0.3, 0.4) is 0 Å². The normalized spacial score (nSPS) is 21.8. The van der Waals surface area contributed by atoms with E-state index in [9.17, 15) is 9.59 Å². The highest BCUT2D eigenvalue weighted by Crippen LogP contribution is 2.14. The van der Waals surface area contributed by atoms with Gasteiger partial charge in [0.25, 0.3) is 0 Å². The molecule has 6 heteroatoms. The second-order valence-electron chi connectivity index (χ2n) is 3.84. The average Bonchev–Trinajstić information content (AvgIpc) is 2.69. The smallest absolute Gasteiger partial charge is 0.305 e. The number of thioether (sulfide) groups is 1. The molecule has 2 unspecified atom stereocenters. The topological polar surface area (TPSA) is 69.6 Å². The fraction of sp³-hybridized carbons (Fsp3) is 0.800. The van der Waals surface area contributed by atoms with Crippen LogP contribution in [0.25, 0.3) is 0 Å². The Morgan fingerprint density at radius 1 is 1.62 bits per heavy atom. The zero-order valence-corrected chi connectivity index (χ0v) is 10.4. The predicted molar refractivity (Wildman–Crippen MR) is 63.4 cm³/mol. The van der Waals surface area contributed by atoms with Gasteiger partial charge in [-0.2, -0.15) is 0 Å². The molecule has 1 fully saturated rings. The lowest BCUT2D eigenvalue weighted by Gasteiger charge is -2.29. The summed E-state index contributed by atoms with van der Waals surface area (Å²) in [4.78, 5) is 24.3. The van der Waals surface area contributed by atoms with Crippen LogP contribution >= 0.6 is 11.8 Å². The van der Waals surface area contributed by atoms with Gasteiger partial charge in [0.15, 0.2) is 0 Å². The fourth-order valence-corrected chi connectivity index (χ4v) is 2.73. The quantitative estimate of drug-likeness (QED) is 0.733. The van der Waals surface area contributed by atoms with Gasteiger partial charge in [0.05, 0.1) is 12.5 Å².